The SMILES string of the molecule is C/C=C/COc1cc(C)c(OCCCCCCCCNCC(C)=NOC)c(C)c1. The lowest BCUT2D eigenvalue weighted by atomic mass is 10.1. The van der Waals surface area contributed by atoms with E-state index in [2.05, 4.69) is 36.5 Å². The van der Waals surface area contributed by atoms with Gasteiger partial charge in [0.2, 0.25) is 0 Å². The van der Waals surface area contributed by atoms with E-state index in [1.807, 2.05) is 26.0 Å². The first-order valence-corrected chi connectivity index (χ1v) is 10.8. The highest BCUT2D eigenvalue weighted by molar-refractivity contribution is 5.83. The lowest BCUT2D eigenvalue weighted by Gasteiger charge is -2.14. The second-order valence-corrected chi connectivity index (χ2v) is 7.42. The molecule has 1 aromatic carbocycles. The minimum atomic E-state index is 0.605. The van der Waals surface area contributed by atoms with Crippen LogP contribution in [-0.4, -0.2) is 39.1 Å². The van der Waals surface area contributed by atoms with Crippen molar-refractivity contribution in [2.24, 2.45) is 5.16 Å². The highest BCUT2D eigenvalue weighted by Gasteiger charge is 2.07. The molecule has 0 unspecified atom stereocenters. The fraction of sp³-hybridized carbons (Fsp3) is 0.625. The van der Waals surface area contributed by atoms with E-state index < -0.39 is 0 Å². The molecule has 0 saturated heterocycles. The minimum absolute atomic E-state index is 0.605. The fourth-order valence-corrected chi connectivity index (χ4v) is 3.15. The van der Waals surface area contributed by atoms with E-state index in [0.717, 1.165) is 54.5 Å². The highest BCUT2D eigenvalue weighted by Crippen LogP contribution is 2.28. The quantitative estimate of drug-likeness (QED) is 0.169. The van der Waals surface area contributed by atoms with Gasteiger partial charge in [0.1, 0.15) is 25.2 Å². The molecule has 0 spiro atoms. The van der Waals surface area contributed by atoms with Crippen molar-refractivity contribution in [3.63, 3.8) is 0 Å². The first-order valence-electron chi connectivity index (χ1n) is 10.8. The lowest BCUT2D eigenvalue weighted by molar-refractivity contribution is 0.212. The van der Waals surface area contributed by atoms with Gasteiger partial charge in [-0.2, -0.15) is 0 Å². The molecule has 1 aromatic rings. The second-order valence-electron chi connectivity index (χ2n) is 7.42. The van der Waals surface area contributed by atoms with E-state index >= 15 is 0 Å². The average Bonchev–Trinajstić information content (AvgIpc) is 2.68. The summed E-state index contributed by atoms with van der Waals surface area (Å²) >= 11 is 0. The van der Waals surface area contributed by atoms with Crippen LogP contribution in [0.15, 0.2) is 29.4 Å². The van der Waals surface area contributed by atoms with Crippen LogP contribution < -0.4 is 14.8 Å². The van der Waals surface area contributed by atoms with Crippen molar-refractivity contribution < 1.29 is 14.3 Å². The van der Waals surface area contributed by atoms with Gasteiger partial charge in [0, 0.05) is 6.54 Å². The normalized spacial score (nSPS) is 11.8. The van der Waals surface area contributed by atoms with Crippen LogP contribution >= 0.6 is 0 Å². The Balaban J connectivity index is 2.11. The van der Waals surface area contributed by atoms with Crippen molar-refractivity contribution in [3.8, 4) is 11.5 Å². The Morgan fingerprint density at radius 2 is 1.66 bits per heavy atom. The van der Waals surface area contributed by atoms with Crippen molar-refractivity contribution in [2.45, 2.75) is 66.2 Å². The number of rotatable bonds is 16. The van der Waals surface area contributed by atoms with Crippen LogP contribution in [0.5, 0.6) is 11.5 Å². The Morgan fingerprint density at radius 3 is 2.31 bits per heavy atom. The van der Waals surface area contributed by atoms with Crippen molar-refractivity contribution in [1.29, 1.82) is 0 Å². The number of benzene rings is 1. The molecule has 0 amide bonds. The number of allylic oxidation sites excluding steroid dienone is 1. The molecule has 0 aliphatic heterocycles. The Bertz CT molecular complexity index is 604. The van der Waals surface area contributed by atoms with Crippen molar-refractivity contribution in [1.82, 2.24) is 5.32 Å². The molecule has 0 aliphatic rings. The minimum Gasteiger partial charge on any atom is -0.493 e. The largest absolute Gasteiger partial charge is 0.493 e. The van der Waals surface area contributed by atoms with E-state index in [4.69, 9.17) is 14.3 Å². The van der Waals surface area contributed by atoms with Gasteiger partial charge in [0.25, 0.3) is 0 Å². The number of unbranched alkanes of at least 4 members (excludes halogenated alkanes) is 5. The van der Waals surface area contributed by atoms with E-state index in [1.165, 1.54) is 32.1 Å². The lowest BCUT2D eigenvalue weighted by Crippen LogP contribution is -2.22. The van der Waals surface area contributed by atoms with Gasteiger partial charge in [-0.25, -0.2) is 0 Å². The molecule has 0 aliphatic carbocycles. The first-order chi connectivity index (χ1) is 14.1. The van der Waals surface area contributed by atoms with E-state index in [9.17, 15) is 0 Å². The number of hydrogen-bond donors (Lipinski definition) is 1. The molecule has 0 aromatic heterocycles. The Hall–Kier alpha value is -2.01. The molecule has 0 saturated carbocycles. The van der Waals surface area contributed by atoms with Gasteiger partial charge < -0.3 is 19.6 Å². The van der Waals surface area contributed by atoms with E-state index in [0.29, 0.717) is 6.61 Å². The van der Waals surface area contributed by atoms with Crippen LogP contribution in [0.4, 0.5) is 0 Å². The molecule has 0 radical (unpaired) electrons. The summed E-state index contributed by atoms with van der Waals surface area (Å²) in [6.07, 6.45) is 11.3. The van der Waals surface area contributed by atoms with Gasteiger partial charge in [0.05, 0.1) is 12.3 Å². The Kier molecular flexibility index (Phi) is 13.7. The standard InChI is InChI=1S/C24H40N2O3/c1-6-7-15-28-23-17-20(2)24(21(3)18-23)29-16-13-11-9-8-10-12-14-25-19-22(4)26-27-5/h6-7,17-18,25H,8-16,19H2,1-5H3/b7-6+,26-22?. The third-order valence-corrected chi connectivity index (χ3v) is 4.64. The maximum atomic E-state index is 6.05. The molecule has 1 rings (SSSR count). The maximum absolute atomic E-state index is 6.05. The van der Waals surface area contributed by atoms with Crippen LogP contribution in [0.25, 0.3) is 0 Å². The number of nitrogens with one attached hydrogen (secondary N) is 1. The summed E-state index contributed by atoms with van der Waals surface area (Å²) in [5.41, 5.74) is 3.26. The van der Waals surface area contributed by atoms with Crippen molar-refractivity contribution in [3.05, 3.63) is 35.4 Å². The summed E-state index contributed by atoms with van der Waals surface area (Å²) in [6, 6.07) is 4.12. The Morgan fingerprint density at radius 1 is 1.00 bits per heavy atom. The zero-order valence-electron chi connectivity index (χ0n) is 19.1. The number of nitrogens with zero attached hydrogens (tertiary/aromatic N) is 1. The smallest absolute Gasteiger partial charge is 0.125 e. The zero-order chi connectivity index (χ0) is 21.3. The molecule has 29 heavy (non-hydrogen) atoms. The van der Waals surface area contributed by atoms with Gasteiger partial charge in [-0.05, 0) is 70.3 Å². The molecular formula is C24H40N2O3. The molecule has 0 fully saturated rings. The number of hydrogen-bond acceptors (Lipinski definition) is 5. The Labute approximate surface area is 177 Å². The van der Waals surface area contributed by atoms with Gasteiger partial charge in [-0.1, -0.05) is 43.0 Å². The summed E-state index contributed by atoms with van der Waals surface area (Å²) in [6.45, 7) is 11.3. The molecule has 0 bridgehead atoms. The zero-order valence-corrected chi connectivity index (χ0v) is 19.1. The topological polar surface area (TPSA) is 52.1 Å². The molecule has 0 heterocycles. The van der Waals surface area contributed by atoms with Crippen LogP contribution in [0.3, 0.4) is 0 Å². The monoisotopic (exact) mass is 404 g/mol. The molecule has 164 valence electrons. The summed E-state index contributed by atoms with van der Waals surface area (Å²) in [7, 11) is 1.58. The maximum Gasteiger partial charge on any atom is 0.125 e. The summed E-state index contributed by atoms with van der Waals surface area (Å²) in [5, 5.41) is 7.27. The molecule has 1 N–H and O–H groups in total. The third-order valence-electron chi connectivity index (χ3n) is 4.64. The number of oxime groups is 1. The van der Waals surface area contributed by atoms with Gasteiger partial charge >= 0.3 is 0 Å². The predicted octanol–water partition coefficient (Wildman–Crippen LogP) is 5.59. The fourth-order valence-electron chi connectivity index (χ4n) is 3.15. The number of ether oxygens (including phenoxy) is 2. The summed E-state index contributed by atoms with van der Waals surface area (Å²) in [4.78, 5) is 4.74. The number of aryl methyl sites for hydroxylation is 2. The predicted molar refractivity (Wildman–Crippen MR) is 122 cm³/mol. The molecular weight excluding hydrogens is 364 g/mol. The van der Waals surface area contributed by atoms with E-state index in [1.54, 1.807) is 7.11 Å². The van der Waals surface area contributed by atoms with Crippen molar-refractivity contribution >= 4 is 5.71 Å². The third kappa shape index (κ3) is 11.5. The van der Waals surface area contributed by atoms with Crippen LogP contribution in [0.1, 0.15) is 63.5 Å². The van der Waals surface area contributed by atoms with E-state index in [-0.39, 0.29) is 0 Å². The van der Waals surface area contributed by atoms with Crippen molar-refractivity contribution in [2.75, 3.05) is 33.4 Å². The van der Waals surface area contributed by atoms with Gasteiger partial charge in [0.15, 0.2) is 0 Å². The summed E-state index contributed by atoms with van der Waals surface area (Å²) < 4.78 is 11.8. The van der Waals surface area contributed by atoms with Gasteiger partial charge in [-0.15, -0.1) is 0 Å². The average molecular weight is 405 g/mol. The molecule has 5 nitrogen and oxygen atoms in total. The molecule has 0 atom stereocenters. The first kappa shape index (κ1) is 25.0. The highest BCUT2D eigenvalue weighted by atomic mass is 16.6. The van der Waals surface area contributed by atoms with Gasteiger partial charge in [-0.3, -0.25) is 0 Å². The summed E-state index contributed by atoms with van der Waals surface area (Å²) in [5.74, 6) is 1.91. The van der Waals surface area contributed by atoms with Crippen LogP contribution in [0, 0.1) is 13.8 Å². The van der Waals surface area contributed by atoms with Crippen LogP contribution in [-0.2, 0) is 4.84 Å². The molecule has 5 heteroatoms. The van der Waals surface area contributed by atoms with Crippen LogP contribution in [0.2, 0.25) is 0 Å². The second kappa shape index (κ2) is 15.9.